The van der Waals surface area contributed by atoms with Crippen LogP contribution in [0.25, 0.3) is 55.0 Å². The first-order valence-corrected chi connectivity index (χ1v) is 14.6. The minimum absolute atomic E-state index is 1.21. The highest BCUT2D eigenvalue weighted by atomic mass is 15.0. The van der Waals surface area contributed by atoms with Crippen LogP contribution in [0.4, 0.5) is 0 Å². The summed E-state index contributed by atoms with van der Waals surface area (Å²) in [6, 6.07) is 48.0. The van der Waals surface area contributed by atoms with Crippen molar-refractivity contribution in [2.75, 3.05) is 0 Å². The van der Waals surface area contributed by atoms with Gasteiger partial charge in [0.25, 0.3) is 0 Å². The van der Waals surface area contributed by atoms with Crippen molar-refractivity contribution in [3.63, 3.8) is 0 Å². The van der Waals surface area contributed by atoms with Gasteiger partial charge in [0.05, 0.1) is 22.1 Å². The fourth-order valence-corrected chi connectivity index (χ4v) is 6.20. The van der Waals surface area contributed by atoms with Crippen LogP contribution in [-0.2, 0) is 0 Å². The number of rotatable bonds is 2. The van der Waals surface area contributed by atoms with Crippen LogP contribution in [0, 0.1) is 27.7 Å². The van der Waals surface area contributed by atoms with E-state index < -0.39 is 0 Å². The molecule has 2 heterocycles. The molecule has 0 spiro atoms. The zero-order valence-corrected chi connectivity index (χ0v) is 24.6. The molecular weight excluding hydrogens is 508 g/mol. The van der Waals surface area contributed by atoms with E-state index in [9.17, 15) is 0 Å². The van der Waals surface area contributed by atoms with Gasteiger partial charge in [0.1, 0.15) is 0 Å². The molecule has 0 bridgehead atoms. The summed E-state index contributed by atoms with van der Waals surface area (Å²) in [5.74, 6) is 0. The van der Waals surface area contributed by atoms with Gasteiger partial charge in [-0.2, -0.15) is 0 Å². The van der Waals surface area contributed by atoms with Gasteiger partial charge in [0, 0.05) is 32.9 Å². The quantitative estimate of drug-likeness (QED) is 0.206. The molecule has 6 aromatic carbocycles. The Morgan fingerprint density at radius 3 is 1.10 bits per heavy atom. The minimum Gasteiger partial charge on any atom is -0.309 e. The first kappa shape index (κ1) is 25.9. The van der Waals surface area contributed by atoms with Crippen molar-refractivity contribution in [1.82, 2.24) is 9.13 Å². The Balaban J connectivity index is 0.000000137. The van der Waals surface area contributed by atoms with Crippen molar-refractivity contribution in [1.29, 1.82) is 0 Å². The summed E-state index contributed by atoms with van der Waals surface area (Å²) in [6.07, 6.45) is 0. The number of hydrogen-bond donors (Lipinski definition) is 0. The zero-order valence-electron chi connectivity index (χ0n) is 24.6. The first-order chi connectivity index (χ1) is 20.5. The van der Waals surface area contributed by atoms with Gasteiger partial charge >= 0.3 is 0 Å². The molecule has 0 N–H and O–H groups in total. The smallest absolute Gasteiger partial charge is 0.0543 e. The van der Waals surface area contributed by atoms with Gasteiger partial charge in [-0.1, -0.05) is 83.9 Å². The normalized spacial score (nSPS) is 11.3. The molecule has 0 radical (unpaired) electrons. The Morgan fingerprint density at radius 2 is 0.667 bits per heavy atom. The molecule has 204 valence electrons. The maximum absolute atomic E-state index is 2.37. The third-order valence-corrected chi connectivity index (χ3v) is 8.18. The Morgan fingerprint density at radius 1 is 0.310 bits per heavy atom. The third kappa shape index (κ3) is 4.46. The van der Waals surface area contributed by atoms with Crippen LogP contribution in [0.5, 0.6) is 0 Å². The van der Waals surface area contributed by atoms with Gasteiger partial charge in [-0.25, -0.2) is 0 Å². The fraction of sp³-hybridized carbons (Fsp3) is 0.100. The molecule has 8 aromatic rings. The lowest BCUT2D eigenvalue weighted by molar-refractivity contribution is 1.17. The van der Waals surface area contributed by atoms with E-state index in [0.717, 1.165) is 0 Å². The van der Waals surface area contributed by atoms with Crippen molar-refractivity contribution < 1.29 is 0 Å². The SMILES string of the molecule is Cc1ccc2c(c1)c1cc(C)ccc1n2-c1ccccc1.Cc1ccc2c3ccc(C)cc3n(-c3ccccc3)c2c1. The number of hydrogen-bond acceptors (Lipinski definition) is 0. The van der Waals surface area contributed by atoms with Crippen molar-refractivity contribution in [2.24, 2.45) is 0 Å². The average Bonchev–Trinajstić information content (AvgIpc) is 3.49. The summed E-state index contributed by atoms with van der Waals surface area (Å²) in [6.45, 7) is 8.61. The zero-order chi connectivity index (χ0) is 28.8. The van der Waals surface area contributed by atoms with Crippen LogP contribution in [0.1, 0.15) is 22.3 Å². The van der Waals surface area contributed by atoms with Crippen LogP contribution in [-0.4, -0.2) is 9.13 Å². The molecule has 2 nitrogen and oxygen atoms in total. The summed E-state index contributed by atoms with van der Waals surface area (Å²) in [4.78, 5) is 0. The van der Waals surface area contributed by atoms with E-state index in [4.69, 9.17) is 0 Å². The second-order valence-electron chi connectivity index (χ2n) is 11.4. The largest absolute Gasteiger partial charge is 0.309 e. The van der Waals surface area contributed by atoms with E-state index in [1.165, 1.54) is 77.2 Å². The Kier molecular flexibility index (Phi) is 6.40. The molecular formula is C40H34N2. The molecule has 0 aliphatic heterocycles. The van der Waals surface area contributed by atoms with Crippen LogP contribution in [0.3, 0.4) is 0 Å². The Hall–Kier alpha value is -5.08. The fourth-order valence-electron chi connectivity index (χ4n) is 6.20. The van der Waals surface area contributed by atoms with E-state index in [0.29, 0.717) is 0 Å². The van der Waals surface area contributed by atoms with Crippen LogP contribution >= 0.6 is 0 Å². The molecule has 0 amide bonds. The number of aromatic nitrogens is 2. The van der Waals surface area contributed by atoms with Crippen LogP contribution in [0.2, 0.25) is 0 Å². The molecule has 0 aliphatic rings. The molecule has 2 aromatic heterocycles. The van der Waals surface area contributed by atoms with E-state index in [2.05, 4.69) is 170 Å². The average molecular weight is 543 g/mol. The maximum Gasteiger partial charge on any atom is 0.0543 e. The first-order valence-electron chi connectivity index (χ1n) is 14.6. The van der Waals surface area contributed by atoms with Crippen LogP contribution in [0.15, 0.2) is 133 Å². The minimum atomic E-state index is 1.21. The van der Waals surface area contributed by atoms with Gasteiger partial charge in [-0.05, 0) is 99.5 Å². The van der Waals surface area contributed by atoms with Crippen molar-refractivity contribution in [2.45, 2.75) is 27.7 Å². The molecule has 0 unspecified atom stereocenters. The molecule has 2 heteroatoms. The molecule has 0 saturated carbocycles. The molecule has 0 atom stereocenters. The molecule has 0 aliphatic carbocycles. The summed E-state index contributed by atoms with van der Waals surface area (Å²) < 4.78 is 4.72. The molecule has 0 fully saturated rings. The summed E-state index contributed by atoms with van der Waals surface area (Å²) in [5.41, 5.74) is 12.7. The summed E-state index contributed by atoms with van der Waals surface area (Å²) in [7, 11) is 0. The highest BCUT2D eigenvalue weighted by molar-refractivity contribution is 6.10. The number of aryl methyl sites for hydroxylation is 4. The highest BCUT2D eigenvalue weighted by Crippen LogP contribution is 2.34. The van der Waals surface area contributed by atoms with Gasteiger partial charge in [0.2, 0.25) is 0 Å². The highest BCUT2D eigenvalue weighted by Gasteiger charge is 2.13. The third-order valence-electron chi connectivity index (χ3n) is 8.18. The van der Waals surface area contributed by atoms with Crippen LogP contribution < -0.4 is 0 Å². The Labute approximate surface area is 247 Å². The predicted molar refractivity (Wildman–Crippen MR) is 181 cm³/mol. The topological polar surface area (TPSA) is 9.86 Å². The predicted octanol–water partition coefficient (Wildman–Crippen LogP) is 10.8. The summed E-state index contributed by atoms with van der Waals surface area (Å²) in [5, 5.41) is 5.30. The second kappa shape index (κ2) is 10.4. The number of para-hydroxylation sites is 2. The van der Waals surface area contributed by atoms with E-state index >= 15 is 0 Å². The molecule has 42 heavy (non-hydrogen) atoms. The van der Waals surface area contributed by atoms with Gasteiger partial charge in [-0.15, -0.1) is 0 Å². The van der Waals surface area contributed by atoms with E-state index in [1.54, 1.807) is 0 Å². The molecule has 0 saturated heterocycles. The van der Waals surface area contributed by atoms with Crippen molar-refractivity contribution in [3.8, 4) is 11.4 Å². The lowest BCUT2D eigenvalue weighted by Gasteiger charge is -2.08. The Bertz CT molecular complexity index is 2100. The molecule has 8 rings (SSSR count). The van der Waals surface area contributed by atoms with E-state index in [-0.39, 0.29) is 0 Å². The standard InChI is InChI=1S/2C20H17N/c1-14-8-10-19-17(12-14)18-13-15(2)9-11-20(18)21(19)16-6-4-3-5-7-16;1-14-8-10-17-18-11-9-15(2)13-20(18)21(19(17)12-14)16-6-4-3-5-7-16/h2*3-13H,1-2H3. The maximum atomic E-state index is 2.37. The number of nitrogens with zero attached hydrogens (tertiary/aromatic N) is 2. The monoisotopic (exact) mass is 542 g/mol. The number of fused-ring (bicyclic) bond motifs is 6. The van der Waals surface area contributed by atoms with Gasteiger partial charge < -0.3 is 9.13 Å². The van der Waals surface area contributed by atoms with Gasteiger partial charge in [-0.3, -0.25) is 0 Å². The van der Waals surface area contributed by atoms with Gasteiger partial charge in [0.15, 0.2) is 0 Å². The second-order valence-corrected chi connectivity index (χ2v) is 11.4. The number of benzene rings is 6. The summed E-state index contributed by atoms with van der Waals surface area (Å²) >= 11 is 0. The lowest BCUT2D eigenvalue weighted by Crippen LogP contribution is -1.93. The lowest BCUT2D eigenvalue weighted by atomic mass is 10.1. The van der Waals surface area contributed by atoms with Crippen molar-refractivity contribution >= 4 is 43.6 Å². The van der Waals surface area contributed by atoms with Crippen molar-refractivity contribution in [3.05, 3.63) is 156 Å². The van der Waals surface area contributed by atoms with E-state index in [1.807, 2.05) is 0 Å².